The minimum Gasteiger partial charge on any atom is -0.504 e. The summed E-state index contributed by atoms with van der Waals surface area (Å²) in [5.74, 6) is -0.166. The molecule has 0 aromatic heterocycles. The lowest BCUT2D eigenvalue weighted by molar-refractivity contribution is 0.319. The molecule has 1 aliphatic rings. The Balaban J connectivity index is 1.96. The van der Waals surface area contributed by atoms with Crippen molar-refractivity contribution >= 4 is 5.69 Å². The van der Waals surface area contributed by atoms with Crippen LogP contribution in [0.15, 0.2) is 42.5 Å². The molecule has 4 nitrogen and oxygen atoms in total. The van der Waals surface area contributed by atoms with Crippen molar-refractivity contribution in [2.24, 2.45) is 0 Å². The minimum atomic E-state index is -0.0869. The van der Waals surface area contributed by atoms with Gasteiger partial charge < -0.3 is 15.5 Å². The van der Waals surface area contributed by atoms with E-state index in [0.29, 0.717) is 0 Å². The third-order valence-corrected chi connectivity index (χ3v) is 3.68. The predicted molar refractivity (Wildman–Crippen MR) is 78.9 cm³/mol. The van der Waals surface area contributed by atoms with Crippen LogP contribution in [-0.4, -0.2) is 28.7 Å². The Labute approximate surface area is 118 Å². The van der Waals surface area contributed by atoms with E-state index in [4.69, 9.17) is 0 Å². The van der Waals surface area contributed by atoms with Crippen LogP contribution in [0.25, 0.3) is 0 Å². The van der Waals surface area contributed by atoms with Gasteiger partial charge in [-0.1, -0.05) is 24.3 Å². The van der Waals surface area contributed by atoms with E-state index in [-0.39, 0.29) is 17.5 Å². The zero-order chi connectivity index (χ0) is 14.1. The summed E-state index contributed by atoms with van der Waals surface area (Å²) in [4.78, 5) is 2.24. The average Bonchev–Trinajstić information content (AvgIpc) is 2.59. The van der Waals surface area contributed by atoms with Gasteiger partial charge >= 0.3 is 0 Å². The third kappa shape index (κ3) is 2.42. The number of benzene rings is 2. The van der Waals surface area contributed by atoms with Gasteiger partial charge in [-0.3, -0.25) is 4.90 Å². The van der Waals surface area contributed by atoms with Gasteiger partial charge in [0.15, 0.2) is 11.5 Å². The van der Waals surface area contributed by atoms with Gasteiger partial charge in [-0.15, -0.1) is 0 Å². The summed E-state index contributed by atoms with van der Waals surface area (Å²) >= 11 is 0. The number of nitrogens with one attached hydrogen (secondary N) is 1. The van der Waals surface area contributed by atoms with E-state index in [1.165, 1.54) is 11.6 Å². The molecule has 0 unspecified atom stereocenters. The lowest BCUT2D eigenvalue weighted by atomic mass is 10.1. The SMILES string of the molecule is CN1Cc2ccccc2N[C@@H](c2ccc(O)c(O)c2)C1. The smallest absolute Gasteiger partial charge is 0.157 e. The summed E-state index contributed by atoms with van der Waals surface area (Å²) in [6.45, 7) is 1.72. The molecule has 1 atom stereocenters. The topological polar surface area (TPSA) is 55.7 Å². The van der Waals surface area contributed by atoms with E-state index < -0.39 is 0 Å². The van der Waals surface area contributed by atoms with Gasteiger partial charge in [0, 0.05) is 18.8 Å². The number of aromatic hydroxyl groups is 2. The predicted octanol–water partition coefficient (Wildman–Crippen LogP) is 2.70. The van der Waals surface area contributed by atoms with Crippen molar-refractivity contribution in [3.05, 3.63) is 53.6 Å². The van der Waals surface area contributed by atoms with Crippen molar-refractivity contribution in [1.29, 1.82) is 0 Å². The van der Waals surface area contributed by atoms with E-state index in [2.05, 4.69) is 29.4 Å². The lowest BCUT2D eigenvalue weighted by Gasteiger charge is -2.22. The fourth-order valence-corrected chi connectivity index (χ4v) is 2.65. The first-order valence-electron chi connectivity index (χ1n) is 6.68. The fraction of sp³-hybridized carbons (Fsp3) is 0.250. The monoisotopic (exact) mass is 270 g/mol. The minimum absolute atomic E-state index is 0.0788. The van der Waals surface area contributed by atoms with Crippen LogP contribution in [0.4, 0.5) is 5.69 Å². The Bertz CT molecular complexity index is 628. The molecule has 2 aromatic carbocycles. The van der Waals surface area contributed by atoms with E-state index in [0.717, 1.165) is 24.3 Å². The Morgan fingerprint density at radius 1 is 1.10 bits per heavy atom. The van der Waals surface area contributed by atoms with E-state index in [1.54, 1.807) is 6.07 Å². The number of phenolic OH excluding ortho intramolecular Hbond substituents is 2. The first kappa shape index (κ1) is 12.8. The van der Waals surface area contributed by atoms with Gasteiger partial charge in [0.1, 0.15) is 0 Å². The van der Waals surface area contributed by atoms with E-state index >= 15 is 0 Å². The van der Waals surface area contributed by atoms with Gasteiger partial charge in [0.25, 0.3) is 0 Å². The second-order valence-electron chi connectivity index (χ2n) is 5.30. The highest BCUT2D eigenvalue weighted by Gasteiger charge is 2.20. The van der Waals surface area contributed by atoms with Crippen molar-refractivity contribution in [1.82, 2.24) is 4.90 Å². The van der Waals surface area contributed by atoms with Crippen LogP contribution in [0.1, 0.15) is 17.2 Å². The Kier molecular flexibility index (Phi) is 3.24. The molecule has 2 aromatic rings. The first-order valence-corrected chi connectivity index (χ1v) is 6.68. The van der Waals surface area contributed by atoms with Crippen LogP contribution >= 0.6 is 0 Å². The maximum Gasteiger partial charge on any atom is 0.157 e. The molecule has 0 saturated heterocycles. The van der Waals surface area contributed by atoms with Crippen LogP contribution < -0.4 is 5.32 Å². The summed E-state index contributed by atoms with van der Waals surface area (Å²) in [7, 11) is 2.08. The normalized spacial score (nSPS) is 18.9. The number of para-hydroxylation sites is 1. The van der Waals surface area contributed by atoms with Crippen LogP contribution in [0.2, 0.25) is 0 Å². The zero-order valence-corrected chi connectivity index (χ0v) is 11.4. The summed E-state index contributed by atoms with van der Waals surface area (Å²) in [6.07, 6.45) is 0. The van der Waals surface area contributed by atoms with Crippen LogP contribution in [0, 0.1) is 0 Å². The van der Waals surface area contributed by atoms with Crippen molar-refractivity contribution in [2.45, 2.75) is 12.6 Å². The Morgan fingerprint density at radius 2 is 1.90 bits per heavy atom. The standard InChI is InChI=1S/C16H18N2O2/c1-18-9-12-4-2-3-5-13(12)17-14(10-18)11-6-7-15(19)16(20)8-11/h2-8,14,17,19-20H,9-10H2,1H3/t14-/m1/s1. The van der Waals surface area contributed by atoms with Gasteiger partial charge in [-0.2, -0.15) is 0 Å². The highest BCUT2D eigenvalue weighted by atomic mass is 16.3. The molecule has 0 radical (unpaired) electrons. The molecule has 3 N–H and O–H groups in total. The highest BCUT2D eigenvalue weighted by Crippen LogP contribution is 2.32. The molecule has 0 bridgehead atoms. The van der Waals surface area contributed by atoms with Crippen LogP contribution in [0.5, 0.6) is 11.5 Å². The number of hydrogen-bond acceptors (Lipinski definition) is 4. The summed E-state index contributed by atoms with van der Waals surface area (Å²) in [5, 5.41) is 22.6. The molecule has 0 amide bonds. The van der Waals surface area contributed by atoms with Crippen LogP contribution in [0.3, 0.4) is 0 Å². The highest BCUT2D eigenvalue weighted by molar-refractivity contribution is 5.54. The molecule has 1 aliphatic heterocycles. The summed E-state index contributed by atoms with van der Waals surface area (Å²) < 4.78 is 0. The van der Waals surface area contributed by atoms with Crippen molar-refractivity contribution in [3.63, 3.8) is 0 Å². The molecule has 0 fully saturated rings. The lowest BCUT2D eigenvalue weighted by Crippen LogP contribution is -2.24. The first-order chi connectivity index (χ1) is 9.63. The Morgan fingerprint density at radius 3 is 2.70 bits per heavy atom. The molecule has 104 valence electrons. The van der Waals surface area contributed by atoms with Gasteiger partial charge in [-0.05, 0) is 36.4 Å². The van der Waals surface area contributed by atoms with Crippen molar-refractivity contribution in [2.75, 3.05) is 18.9 Å². The molecule has 3 rings (SSSR count). The maximum atomic E-state index is 9.67. The number of phenols is 2. The number of hydrogen-bond donors (Lipinski definition) is 3. The van der Waals surface area contributed by atoms with E-state index in [1.807, 2.05) is 18.2 Å². The molecule has 0 saturated carbocycles. The quantitative estimate of drug-likeness (QED) is 0.697. The van der Waals surface area contributed by atoms with Gasteiger partial charge in [0.05, 0.1) is 6.04 Å². The molecule has 4 heteroatoms. The second kappa shape index (κ2) is 5.06. The van der Waals surface area contributed by atoms with Crippen molar-refractivity contribution < 1.29 is 10.2 Å². The second-order valence-corrected chi connectivity index (χ2v) is 5.30. The zero-order valence-electron chi connectivity index (χ0n) is 11.4. The number of anilines is 1. The molecule has 0 aliphatic carbocycles. The average molecular weight is 270 g/mol. The molecular formula is C16H18N2O2. The third-order valence-electron chi connectivity index (χ3n) is 3.68. The molecule has 0 spiro atoms. The number of rotatable bonds is 1. The number of likely N-dealkylation sites (N-methyl/N-ethyl adjacent to an activating group) is 1. The van der Waals surface area contributed by atoms with Gasteiger partial charge in [0.2, 0.25) is 0 Å². The van der Waals surface area contributed by atoms with Gasteiger partial charge in [-0.25, -0.2) is 0 Å². The molecular weight excluding hydrogens is 252 g/mol. The molecule has 20 heavy (non-hydrogen) atoms. The van der Waals surface area contributed by atoms with E-state index in [9.17, 15) is 10.2 Å². The fourth-order valence-electron chi connectivity index (χ4n) is 2.65. The number of fused-ring (bicyclic) bond motifs is 1. The number of nitrogens with zero attached hydrogens (tertiary/aromatic N) is 1. The Hall–Kier alpha value is -2.20. The maximum absolute atomic E-state index is 9.67. The summed E-state index contributed by atoms with van der Waals surface area (Å²) in [5.41, 5.74) is 3.35. The summed E-state index contributed by atoms with van der Waals surface area (Å²) in [6, 6.07) is 13.3. The largest absolute Gasteiger partial charge is 0.504 e. The molecule has 1 heterocycles. The van der Waals surface area contributed by atoms with Crippen molar-refractivity contribution in [3.8, 4) is 11.5 Å². The van der Waals surface area contributed by atoms with Crippen LogP contribution in [-0.2, 0) is 6.54 Å².